The van der Waals surface area contributed by atoms with Crippen LogP contribution < -0.4 is 14.5 Å². The highest BCUT2D eigenvalue weighted by molar-refractivity contribution is 5.94. The molecule has 1 amide bonds. The predicted octanol–water partition coefficient (Wildman–Crippen LogP) is 1.49. The number of benzene rings is 2. The van der Waals surface area contributed by atoms with Crippen LogP contribution in [0.1, 0.15) is 49.0 Å². The van der Waals surface area contributed by atoms with Crippen molar-refractivity contribution in [2.24, 2.45) is 0 Å². The zero-order chi connectivity index (χ0) is 23.0. The monoisotopic (exact) mass is 451 g/mol. The molecule has 0 saturated carbocycles. The Morgan fingerprint density at radius 1 is 1.00 bits per heavy atom. The average molecular weight is 452 g/mol. The van der Waals surface area contributed by atoms with E-state index in [9.17, 15) is 4.79 Å². The molecular formula is C28H41N3O2+2. The van der Waals surface area contributed by atoms with Gasteiger partial charge in [-0.3, -0.25) is 4.79 Å². The third kappa shape index (κ3) is 6.36. The van der Waals surface area contributed by atoms with Crippen molar-refractivity contribution in [3.05, 3.63) is 65.7 Å². The highest BCUT2D eigenvalue weighted by Gasteiger charge is 2.32. The minimum atomic E-state index is 0.158. The summed E-state index contributed by atoms with van der Waals surface area (Å²) in [7, 11) is 0. The van der Waals surface area contributed by atoms with Crippen LogP contribution in [0.15, 0.2) is 54.6 Å². The number of quaternary nitrogens is 2. The Kier molecular flexibility index (Phi) is 8.40. The van der Waals surface area contributed by atoms with Crippen molar-refractivity contribution in [3.8, 4) is 5.75 Å². The third-order valence-electron chi connectivity index (χ3n) is 7.61. The van der Waals surface area contributed by atoms with Crippen molar-refractivity contribution in [1.82, 2.24) is 4.90 Å². The first-order chi connectivity index (χ1) is 16.2. The van der Waals surface area contributed by atoms with Crippen molar-refractivity contribution in [2.75, 3.05) is 45.8 Å². The number of hydrogen-bond donors (Lipinski definition) is 2. The van der Waals surface area contributed by atoms with Gasteiger partial charge in [0.05, 0.1) is 39.3 Å². The molecule has 2 saturated heterocycles. The van der Waals surface area contributed by atoms with E-state index in [1.54, 1.807) is 9.80 Å². The van der Waals surface area contributed by atoms with Gasteiger partial charge in [0.15, 0.2) is 0 Å². The average Bonchev–Trinajstić information content (AvgIpc) is 3.35. The van der Waals surface area contributed by atoms with Gasteiger partial charge in [0.2, 0.25) is 0 Å². The lowest BCUT2D eigenvalue weighted by Gasteiger charge is -2.29. The normalized spacial score (nSPS) is 23.1. The number of rotatable bonds is 9. The van der Waals surface area contributed by atoms with E-state index in [2.05, 4.69) is 44.2 Å². The van der Waals surface area contributed by atoms with Gasteiger partial charge in [-0.2, -0.15) is 0 Å². The van der Waals surface area contributed by atoms with Crippen molar-refractivity contribution in [1.29, 1.82) is 0 Å². The summed E-state index contributed by atoms with van der Waals surface area (Å²) in [5.41, 5.74) is 2.20. The molecule has 2 aliphatic heterocycles. The van der Waals surface area contributed by atoms with E-state index in [0.29, 0.717) is 6.04 Å². The topological polar surface area (TPSA) is 38.4 Å². The van der Waals surface area contributed by atoms with Crippen molar-refractivity contribution in [3.63, 3.8) is 0 Å². The number of piperidine rings is 1. The smallest absolute Gasteiger partial charge is 0.254 e. The Balaban J connectivity index is 1.21. The third-order valence-corrected chi connectivity index (χ3v) is 7.61. The highest BCUT2D eigenvalue weighted by atomic mass is 16.5. The Hall–Kier alpha value is -2.37. The van der Waals surface area contributed by atoms with E-state index in [1.807, 2.05) is 29.2 Å². The number of carbonyl (C=O) groups excluding carboxylic acids is 1. The Morgan fingerprint density at radius 2 is 1.70 bits per heavy atom. The number of likely N-dealkylation sites (N-methyl/N-ethyl adjacent to an activating group) is 1. The second kappa shape index (κ2) is 11.7. The van der Waals surface area contributed by atoms with E-state index < -0.39 is 0 Å². The summed E-state index contributed by atoms with van der Waals surface area (Å²) in [6.07, 6.45) is 4.71. The molecule has 2 aromatic carbocycles. The zero-order valence-electron chi connectivity index (χ0n) is 20.4. The van der Waals surface area contributed by atoms with Gasteiger partial charge >= 0.3 is 0 Å². The summed E-state index contributed by atoms with van der Waals surface area (Å²) in [4.78, 5) is 18.3. The molecule has 178 valence electrons. The van der Waals surface area contributed by atoms with E-state index in [-0.39, 0.29) is 12.0 Å². The standard InChI is InChI=1S/C28H39N3O2/c1-3-30(4-2)25-15-21-31(22-25)28(32)24-10-12-26(13-11-24)33-27-16-19-29(20-17-27)18-14-23-8-6-5-7-9-23/h5-13,25,27H,3-4,14-22H2,1-2H3/p+2. The van der Waals surface area contributed by atoms with E-state index in [0.717, 1.165) is 63.2 Å². The first kappa shape index (κ1) is 23.8. The number of nitrogens with one attached hydrogen (secondary N) is 2. The maximum absolute atomic E-state index is 13.0. The van der Waals surface area contributed by atoms with E-state index in [1.165, 1.54) is 25.2 Å². The molecule has 2 fully saturated rings. The van der Waals surface area contributed by atoms with Crippen molar-refractivity contribution in [2.45, 2.75) is 51.7 Å². The van der Waals surface area contributed by atoms with Gasteiger partial charge in [-0.1, -0.05) is 30.3 Å². The fraction of sp³-hybridized carbons (Fsp3) is 0.536. The van der Waals surface area contributed by atoms with Crippen LogP contribution in [-0.2, 0) is 6.42 Å². The SMILES string of the molecule is CC[NH+](CC)C1CCN(C(=O)c2ccc(OC3CC[NH+](CCc4ccccc4)CC3)cc2)C1. The van der Waals surface area contributed by atoms with Crippen LogP contribution in [-0.4, -0.2) is 68.8 Å². The Bertz CT molecular complexity index is 858. The summed E-state index contributed by atoms with van der Waals surface area (Å²) >= 11 is 0. The molecule has 0 aliphatic carbocycles. The lowest BCUT2D eigenvalue weighted by atomic mass is 10.1. The second-order valence-electron chi connectivity index (χ2n) is 9.68. The fourth-order valence-corrected chi connectivity index (χ4v) is 5.49. The summed E-state index contributed by atoms with van der Waals surface area (Å²) in [6.45, 7) is 12.0. The van der Waals surface area contributed by atoms with Crippen LogP contribution >= 0.6 is 0 Å². The molecule has 33 heavy (non-hydrogen) atoms. The zero-order valence-corrected chi connectivity index (χ0v) is 20.4. The van der Waals surface area contributed by atoms with Gasteiger partial charge in [0.25, 0.3) is 5.91 Å². The molecule has 2 aromatic rings. The molecule has 0 aromatic heterocycles. The van der Waals surface area contributed by atoms with E-state index in [4.69, 9.17) is 4.74 Å². The Morgan fingerprint density at radius 3 is 2.36 bits per heavy atom. The molecule has 1 atom stereocenters. The summed E-state index contributed by atoms with van der Waals surface area (Å²) in [5, 5.41) is 0. The molecule has 5 nitrogen and oxygen atoms in total. The maximum atomic E-state index is 13.0. The molecule has 0 spiro atoms. The minimum absolute atomic E-state index is 0.158. The molecule has 1 unspecified atom stereocenters. The van der Waals surface area contributed by atoms with Crippen molar-refractivity contribution >= 4 is 5.91 Å². The number of nitrogens with zero attached hydrogens (tertiary/aromatic N) is 1. The first-order valence-corrected chi connectivity index (χ1v) is 12.9. The Labute approximate surface area is 199 Å². The minimum Gasteiger partial charge on any atom is -0.490 e. The number of ether oxygens (including phenoxy) is 1. The first-order valence-electron chi connectivity index (χ1n) is 12.9. The van der Waals surface area contributed by atoms with Gasteiger partial charge < -0.3 is 19.4 Å². The quantitative estimate of drug-likeness (QED) is 0.607. The molecule has 4 rings (SSSR count). The fourth-order valence-electron chi connectivity index (χ4n) is 5.49. The lowest BCUT2D eigenvalue weighted by Crippen LogP contribution is -3.15. The van der Waals surface area contributed by atoms with Gasteiger partial charge in [0, 0.05) is 37.8 Å². The van der Waals surface area contributed by atoms with Crippen LogP contribution in [0.3, 0.4) is 0 Å². The summed E-state index contributed by atoms with van der Waals surface area (Å²) in [5.74, 6) is 1.04. The van der Waals surface area contributed by atoms with Crippen LogP contribution in [0, 0.1) is 0 Å². The number of likely N-dealkylation sites (tertiary alicyclic amines) is 2. The molecule has 2 N–H and O–H groups in total. The van der Waals surface area contributed by atoms with Gasteiger partial charge in [0.1, 0.15) is 17.9 Å². The van der Waals surface area contributed by atoms with E-state index >= 15 is 0 Å². The van der Waals surface area contributed by atoms with Gasteiger partial charge in [-0.15, -0.1) is 0 Å². The molecule has 5 heteroatoms. The molecule has 0 bridgehead atoms. The largest absolute Gasteiger partial charge is 0.490 e. The number of hydrogen-bond acceptors (Lipinski definition) is 2. The highest BCUT2D eigenvalue weighted by Crippen LogP contribution is 2.19. The van der Waals surface area contributed by atoms with Crippen LogP contribution in [0.2, 0.25) is 0 Å². The van der Waals surface area contributed by atoms with Gasteiger partial charge in [-0.05, 0) is 43.7 Å². The molecule has 0 radical (unpaired) electrons. The van der Waals surface area contributed by atoms with Crippen LogP contribution in [0.5, 0.6) is 5.75 Å². The summed E-state index contributed by atoms with van der Waals surface area (Å²) in [6, 6.07) is 19.2. The van der Waals surface area contributed by atoms with Gasteiger partial charge in [-0.25, -0.2) is 0 Å². The second-order valence-corrected chi connectivity index (χ2v) is 9.68. The maximum Gasteiger partial charge on any atom is 0.254 e. The number of carbonyl (C=O) groups is 1. The predicted molar refractivity (Wildman–Crippen MR) is 132 cm³/mol. The molecule has 2 heterocycles. The van der Waals surface area contributed by atoms with Crippen LogP contribution in [0.25, 0.3) is 0 Å². The summed E-state index contributed by atoms with van der Waals surface area (Å²) < 4.78 is 6.26. The lowest BCUT2D eigenvalue weighted by molar-refractivity contribution is -0.919. The molecular weight excluding hydrogens is 410 g/mol. The van der Waals surface area contributed by atoms with Crippen molar-refractivity contribution < 1.29 is 19.3 Å². The van der Waals surface area contributed by atoms with Crippen LogP contribution in [0.4, 0.5) is 0 Å². The number of amides is 1. The molecule has 2 aliphatic rings.